The zero-order valence-electron chi connectivity index (χ0n) is 11.3. The van der Waals surface area contributed by atoms with Crippen LogP contribution in [0.1, 0.15) is 0 Å². The molecular formula is C14H13FN2O4S. The SMILES string of the molecule is NC(=O)COc1ccc(S(=O)(=O)Nc2cccc(F)c2)cc1. The van der Waals surface area contributed by atoms with Crippen molar-refractivity contribution in [3.8, 4) is 5.75 Å². The zero-order valence-corrected chi connectivity index (χ0v) is 12.1. The number of amides is 1. The third-order valence-electron chi connectivity index (χ3n) is 2.59. The Morgan fingerprint density at radius 3 is 2.45 bits per heavy atom. The minimum atomic E-state index is -3.84. The van der Waals surface area contributed by atoms with Crippen molar-refractivity contribution >= 4 is 21.6 Å². The highest BCUT2D eigenvalue weighted by Gasteiger charge is 2.14. The van der Waals surface area contributed by atoms with Crippen molar-refractivity contribution in [1.29, 1.82) is 0 Å². The van der Waals surface area contributed by atoms with Gasteiger partial charge in [-0.3, -0.25) is 9.52 Å². The lowest BCUT2D eigenvalue weighted by molar-refractivity contribution is -0.119. The van der Waals surface area contributed by atoms with E-state index in [2.05, 4.69) is 4.72 Å². The molecule has 0 fully saturated rings. The zero-order chi connectivity index (χ0) is 16.2. The Morgan fingerprint density at radius 2 is 1.86 bits per heavy atom. The fourth-order valence-corrected chi connectivity index (χ4v) is 2.69. The molecule has 0 radical (unpaired) electrons. The van der Waals surface area contributed by atoms with Gasteiger partial charge in [0.05, 0.1) is 10.6 Å². The molecule has 0 aliphatic carbocycles. The number of primary amides is 1. The van der Waals surface area contributed by atoms with Gasteiger partial charge in [-0.05, 0) is 42.5 Å². The summed E-state index contributed by atoms with van der Waals surface area (Å²) in [7, 11) is -3.84. The standard InChI is InChI=1S/C14H13FN2O4S/c15-10-2-1-3-11(8-10)17-22(19,20)13-6-4-12(5-7-13)21-9-14(16)18/h1-8,17H,9H2,(H2,16,18). The Labute approximate surface area is 126 Å². The molecule has 1 amide bonds. The van der Waals surface area contributed by atoms with Gasteiger partial charge in [0.1, 0.15) is 11.6 Å². The molecule has 0 unspecified atom stereocenters. The number of nitrogens with two attached hydrogens (primary N) is 1. The molecule has 0 aliphatic rings. The van der Waals surface area contributed by atoms with E-state index in [0.717, 1.165) is 6.07 Å². The first-order valence-corrected chi connectivity index (χ1v) is 7.65. The van der Waals surface area contributed by atoms with Crippen LogP contribution in [0, 0.1) is 5.82 Å². The molecule has 0 saturated heterocycles. The monoisotopic (exact) mass is 324 g/mol. The molecule has 0 heterocycles. The molecule has 0 aliphatic heterocycles. The quantitative estimate of drug-likeness (QED) is 0.841. The molecule has 6 nitrogen and oxygen atoms in total. The van der Waals surface area contributed by atoms with Crippen molar-refractivity contribution in [3.63, 3.8) is 0 Å². The van der Waals surface area contributed by atoms with Crippen molar-refractivity contribution in [2.75, 3.05) is 11.3 Å². The molecule has 0 saturated carbocycles. The topological polar surface area (TPSA) is 98.5 Å². The molecule has 22 heavy (non-hydrogen) atoms. The molecule has 2 aromatic carbocycles. The Morgan fingerprint density at radius 1 is 1.18 bits per heavy atom. The predicted octanol–water partition coefficient (Wildman–Crippen LogP) is 1.49. The number of anilines is 1. The van der Waals surface area contributed by atoms with Gasteiger partial charge in [0, 0.05) is 0 Å². The molecule has 0 spiro atoms. The lowest BCUT2D eigenvalue weighted by Crippen LogP contribution is -2.20. The first-order valence-electron chi connectivity index (χ1n) is 6.16. The molecule has 0 atom stereocenters. The van der Waals surface area contributed by atoms with Gasteiger partial charge in [-0.25, -0.2) is 12.8 Å². The van der Waals surface area contributed by atoms with Gasteiger partial charge < -0.3 is 10.5 Å². The van der Waals surface area contributed by atoms with E-state index in [-0.39, 0.29) is 17.2 Å². The second-order valence-corrected chi connectivity index (χ2v) is 6.02. The van der Waals surface area contributed by atoms with Gasteiger partial charge in [0.15, 0.2) is 6.61 Å². The van der Waals surface area contributed by atoms with Crippen LogP contribution in [-0.2, 0) is 14.8 Å². The second-order valence-electron chi connectivity index (χ2n) is 4.34. The summed E-state index contributed by atoms with van der Waals surface area (Å²) in [6.07, 6.45) is 0. The maximum absolute atomic E-state index is 13.1. The van der Waals surface area contributed by atoms with Crippen LogP contribution in [0.3, 0.4) is 0 Å². The minimum Gasteiger partial charge on any atom is -0.484 e. The van der Waals surface area contributed by atoms with Crippen LogP contribution in [-0.4, -0.2) is 20.9 Å². The van der Waals surface area contributed by atoms with E-state index in [4.69, 9.17) is 10.5 Å². The van der Waals surface area contributed by atoms with Crippen LogP contribution >= 0.6 is 0 Å². The highest BCUT2D eigenvalue weighted by atomic mass is 32.2. The van der Waals surface area contributed by atoms with Crippen LogP contribution < -0.4 is 15.2 Å². The number of halogens is 1. The lowest BCUT2D eigenvalue weighted by Gasteiger charge is -2.09. The van der Waals surface area contributed by atoms with Crippen molar-refractivity contribution in [2.24, 2.45) is 5.73 Å². The summed E-state index contributed by atoms with van der Waals surface area (Å²) in [5, 5.41) is 0. The number of rotatable bonds is 6. The number of hydrogen-bond donors (Lipinski definition) is 2. The van der Waals surface area contributed by atoms with Gasteiger partial charge in [-0.2, -0.15) is 0 Å². The number of ether oxygens (including phenoxy) is 1. The number of benzene rings is 2. The summed E-state index contributed by atoms with van der Waals surface area (Å²) in [6, 6.07) is 10.5. The van der Waals surface area contributed by atoms with E-state index >= 15 is 0 Å². The highest BCUT2D eigenvalue weighted by Crippen LogP contribution is 2.19. The van der Waals surface area contributed by atoms with E-state index in [1.165, 1.54) is 42.5 Å². The summed E-state index contributed by atoms with van der Waals surface area (Å²) in [4.78, 5) is 10.6. The largest absolute Gasteiger partial charge is 0.484 e. The molecule has 3 N–H and O–H groups in total. The van der Waals surface area contributed by atoms with Gasteiger partial charge >= 0.3 is 0 Å². The molecular weight excluding hydrogens is 311 g/mol. The highest BCUT2D eigenvalue weighted by molar-refractivity contribution is 7.92. The van der Waals surface area contributed by atoms with Gasteiger partial charge in [-0.1, -0.05) is 6.07 Å². The van der Waals surface area contributed by atoms with E-state index in [0.29, 0.717) is 5.75 Å². The van der Waals surface area contributed by atoms with Crippen LogP contribution in [0.4, 0.5) is 10.1 Å². The Bertz CT molecular complexity index is 776. The predicted molar refractivity (Wildman–Crippen MR) is 78.3 cm³/mol. The number of hydrogen-bond acceptors (Lipinski definition) is 4. The first-order chi connectivity index (χ1) is 10.4. The Balaban J connectivity index is 2.14. The summed E-state index contributed by atoms with van der Waals surface area (Å²) in [5.74, 6) is -0.872. The average Bonchev–Trinajstić information content (AvgIpc) is 2.45. The maximum Gasteiger partial charge on any atom is 0.261 e. The fourth-order valence-electron chi connectivity index (χ4n) is 1.64. The molecule has 0 aromatic heterocycles. The van der Waals surface area contributed by atoms with Gasteiger partial charge in [-0.15, -0.1) is 0 Å². The molecule has 0 bridgehead atoms. The fraction of sp³-hybridized carbons (Fsp3) is 0.0714. The van der Waals surface area contributed by atoms with E-state index in [1.54, 1.807) is 0 Å². The number of carbonyl (C=O) groups excluding carboxylic acids is 1. The third kappa shape index (κ3) is 4.19. The van der Waals surface area contributed by atoms with Crippen molar-refractivity contribution in [2.45, 2.75) is 4.90 Å². The van der Waals surface area contributed by atoms with E-state index in [1.807, 2.05) is 0 Å². The van der Waals surface area contributed by atoms with E-state index in [9.17, 15) is 17.6 Å². The molecule has 8 heteroatoms. The Hall–Kier alpha value is -2.61. The minimum absolute atomic E-state index is 0.0248. The van der Waals surface area contributed by atoms with Gasteiger partial charge in [0.2, 0.25) is 0 Å². The van der Waals surface area contributed by atoms with Crippen LogP contribution in [0.25, 0.3) is 0 Å². The number of sulfonamides is 1. The smallest absolute Gasteiger partial charge is 0.261 e. The van der Waals surface area contributed by atoms with Crippen LogP contribution in [0.5, 0.6) is 5.75 Å². The van der Waals surface area contributed by atoms with Gasteiger partial charge in [0.25, 0.3) is 15.9 Å². The van der Waals surface area contributed by atoms with E-state index < -0.39 is 21.7 Å². The van der Waals surface area contributed by atoms with Crippen molar-refractivity contribution in [3.05, 3.63) is 54.3 Å². The molecule has 2 aromatic rings. The summed E-state index contributed by atoms with van der Waals surface area (Å²) in [5.41, 5.74) is 5.06. The molecule has 2 rings (SSSR count). The third-order valence-corrected chi connectivity index (χ3v) is 3.99. The second kappa shape index (κ2) is 6.44. The number of carbonyl (C=O) groups is 1. The van der Waals surface area contributed by atoms with Crippen molar-refractivity contribution in [1.82, 2.24) is 0 Å². The lowest BCUT2D eigenvalue weighted by atomic mass is 10.3. The first kappa shape index (κ1) is 15.8. The summed E-state index contributed by atoms with van der Waals surface area (Å²) in [6.45, 7) is -0.298. The summed E-state index contributed by atoms with van der Waals surface area (Å²) < 4.78 is 44.6. The summed E-state index contributed by atoms with van der Waals surface area (Å²) >= 11 is 0. The maximum atomic E-state index is 13.1. The normalized spacial score (nSPS) is 11.0. The van der Waals surface area contributed by atoms with Crippen molar-refractivity contribution < 1.29 is 22.3 Å². The number of nitrogens with one attached hydrogen (secondary N) is 1. The van der Waals surface area contributed by atoms with Crippen LogP contribution in [0.15, 0.2) is 53.4 Å². The molecule has 116 valence electrons. The van der Waals surface area contributed by atoms with Crippen LogP contribution in [0.2, 0.25) is 0 Å². The average molecular weight is 324 g/mol. The Kier molecular flexibility index (Phi) is 4.62.